The van der Waals surface area contributed by atoms with Crippen LogP contribution in [-0.4, -0.2) is 27.6 Å². The molecule has 0 spiro atoms. The molecule has 2 aromatic rings. The minimum atomic E-state index is -0.705. The largest absolute Gasteiger partial charge is 0.481 e. The monoisotopic (exact) mass is 343 g/mol. The lowest BCUT2D eigenvalue weighted by molar-refractivity contribution is -0.122. The minimum absolute atomic E-state index is 0.0464. The molecule has 2 rings (SSSR count). The Morgan fingerprint density at radius 2 is 1.88 bits per heavy atom. The van der Waals surface area contributed by atoms with Gasteiger partial charge < -0.3 is 10.1 Å². The van der Waals surface area contributed by atoms with Crippen LogP contribution in [0.15, 0.2) is 24.3 Å². The van der Waals surface area contributed by atoms with Crippen LogP contribution in [0.5, 0.6) is 5.75 Å². The topological polar surface area (TPSA) is 73.2 Å². The number of hydrogen-bond donors (Lipinski definition) is 1. The summed E-state index contributed by atoms with van der Waals surface area (Å²) in [7, 11) is 0. The second kappa shape index (κ2) is 7.51. The first-order valence-electron chi connectivity index (χ1n) is 8.35. The molecule has 1 unspecified atom stereocenters. The van der Waals surface area contributed by atoms with Gasteiger partial charge in [-0.1, -0.05) is 12.1 Å². The SMILES string of the molecule is CC(=O)c1cccc(OC(C)C(=O)Nc2c(C)nn(C(C)C)c2C)c1. The lowest BCUT2D eigenvalue weighted by Crippen LogP contribution is -2.30. The number of nitrogens with one attached hydrogen (secondary N) is 1. The number of carbonyl (C=O) groups excluding carboxylic acids is 2. The van der Waals surface area contributed by atoms with Crippen molar-refractivity contribution in [2.75, 3.05) is 5.32 Å². The molecule has 0 aliphatic carbocycles. The van der Waals surface area contributed by atoms with Crippen molar-refractivity contribution >= 4 is 17.4 Å². The molecule has 6 nitrogen and oxygen atoms in total. The third-order valence-corrected chi connectivity index (χ3v) is 3.98. The van der Waals surface area contributed by atoms with Crippen molar-refractivity contribution in [2.24, 2.45) is 0 Å². The summed E-state index contributed by atoms with van der Waals surface area (Å²) in [5.41, 5.74) is 2.94. The molecule has 1 aromatic carbocycles. The summed E-state index contributed by atoms with van der Waals surface area (Å²) in [4.78, 5) is 23.9. The average Bonchev–Trinajstić information content (AvgIpc) is 2.83. The second-order valence-electron chi connectivity index (χ2n) is 6.42. The molecule has 0 saturated carbocycles. The molecule has 1 aromatic heterocycles. The van der Waals surface area contributed by atoms with Gasteiger partial charge in [-0.3, -0.25) is 14.3 Å². The van der Waals surface area contributed by atoms with Crippen molar-refractivity contribution in [3.63, 3.8) is 0 Å². The zero-order valence-corrected chi connectivity index (χ0v) is 15.6. The maximum atomic E-state index is 12.5. The molecular weight excluding hydrogens is 318 g/mol. The van der Waals surface area contributed by atoms with Gasteiger partial charge in [-0.2, -0.15) is 5.10 Å². The van der Waals surface area contributed by atoms with Crippen LogP contribution in [-0.2, 0) is 4.79 Å². The number of aryl methyl sites for hydroxylation is 1. The molecule has 0 aliphatic heterocycles. The lowest BCUT2D eigenvalue weighted by Gasteiger charge is -2.15. The van der Waals surface area contributed by atoms with E-state index < -0.39 is 6.10 Å². The maximum absolute atomic E-state index is 12.5. The summed E-state index contributed by atoms with van der Waals surface area (Å²) in [6.07, 6.45) is -0.705. The molecule has 0 saturated heterocycles. The molecule has 0 aliphatic rings. The third-order valence-electron chi connectivity index (χ3n) is 3.98. The Bertz CT molecular complexity index is 793. The van der Waals surface area contributed by atoms with Gasteiger partial charge in [-0.05, 0) is 53.7 Å². The van der Waals surface area contributed by atoms with Crippen LogP contribution >= 0.6 is 0 Å². The van der Waals surface area contributed by atoms with Gasteiger partial charge in [0.05, 0.1) is 17.1 Å². The molecule has 134 valence electrons. The first kappa shape index (κ1) is 18.7. The van der Waals surface area contributed by atoms with E-state index in [1.165, 1.54) is 6.92 Å². The average molecular weight is 343 g/mol. The number of Topliss-reactive ketones (excluding diaryl/α,β-unsaturated/α-hetero) is 1. The van der Waals surface area contributed by atoms with Crippen LogP contribution in [0.25, 0.3) is 0 Å². The fraction of sp³-hybridized carbons (Fsp3) is 0.421. The number of benzene rings is 1. The first-order valence-corrected chi connectivity index (χ1v) is 8.35. The fourth-order valence-electron chi connectivity index (χ4n) is 2.62. The Morgan fingerprint density at radius 1 is 1.20 bits per heavy atom. The van der Waals surface area contributed by atoms with E-state index in [1.54, 1.807) is 31.2 Å². The summed E-state index contributed by atoms with van der Waals surface area (Å²) in [5.74, 6) is 0.180. The summed E-state index contributed by atoms with van der Waals surface area (Å²) >= 11 is 0. The van der Waals surface area contributed by atoms with E-state index >= 15 is 0 Å². The van der Waals surface area contributed by atoms with E-state index in [9.17, 15) is 9.59 Å². The Hall–Kier alpha value is -2.63. The standard InChI is InChI=1S/C19H25N3O3/c1-11(2)22-13(4)18(12(3)21-22)20-19(24)15(6)25-17-9-7-8-16(10-17)14(5)23/h7-11,15H,1-6H3,(H,20,24). The summed E-state index contributed by atoms with van der Waals surface area (Å²) < 4.78 is 7.56. The zero-order chi connectivity index (χ0) is 18.7. The smallest absolute Gasteiger partial charge is 0.265 e. The van der Waals surface area contributed by atoms with Crippen molar-refractivity contribution in [2.45, 2.75) is 53.7 Å². The van der Waals surface area contributed by atoms with Crippen molar-refractivity contribution < 1.29 is 14.3 Å². The minimum Gasteiger partial charge on any atom is -0.481 e. The van der Waals surface area contributed by atoms with Crippen molar-refractivity contribution in [3.8, 4) is 5.75 Å². The molecule has 1 atom stereocenters. The molecule has 0 bridgehead atoms. The Morgan fingerprint density at radius 3 is 2.44 bits per heavy atom. The zero-order valence-electron chi connectivity index (χ0n) is 15.6. The van der Waals surface area contributed by atoms with Gasteiger partial charge in [0.2, 0.25) is 0 Å². The predicted octanol–water partition coefficient (Wildman–Crippen LogP) is 3.69. The van der Waals surface area contributed by atoms with Crippen molar-refractivity contribution in [1.82, 2.24) is 9.78 Å². The fourth-order valence-corrected chi connectivity index (χ4v) is 2.62. The summed E-state index contributed by atoms with van der Waals surface area (Å²) in [6, 6.07) is 7.03. The summed E-state index contributed by atoms with van der Waals surface area (Å²) in [6.45, 7) is 11.0. The van der Waals surface area contributed by atoms with Crippen molar-refractivity contribution in [1.29, 1.82) is 0 Å². The van der Waals surface area contributed by atoms with Crippen LogP contribution in [0.4, 0.5) is 5.69 Å². The highest BCUT2D eigenvalue weighted by atomic mass is 16.5. The molecule has 1 heterocycles. The molecule has 1 N–H and O–H groups in total. The normalized spacial score (nSPS) is 12.1. The number of nitrogens with zero attached hydrogens (tertiary/aromatic N) is 2. The van der Waals surface area contributed by atoms with Gasteiger partial charge in [0.25, 0.3) is 5.91 Å². The van der Waals surface area contributed by atoms with Crippen LogP contribution in [0.2, 0.25) is 0 Å². The number of anilines is 1. The number of aromatic nitrogens is 2. The Balaban J connectivity index is 2.11. The first-order chi connectivity index (χ1) is 11.7. The van der Waals surface area contributed by atoms with Gasteiger partial charge >= 0.3 is 0 Å². The van der Waals surface area contributed by atoms with E-state index in [0.29, 0.717) is 17.0 Å². The van der Waals surface area contributed by atoms with Crippen molar-refractivity contribution in [3.05, 3.63) is 41.2 Å². The number of carbonyl (C=O) groups is 2. The maximum Gasteiger partial charge on any atom is 0.265 e. The van der Waals surface area contributed by atoms with E-state index in [1.807, 2.05) is 32.4 Å². The quantitative estimate of drug-likeness (QED) is 0.812. The highest BCUT2D eigenvalue weighted by molar-refractivity contribution is 5.95. The molecular formula is C19H25N3O3. The van der Waals surface area contributed by atoms with Gasteiger partial charge in [0, 0.05) is 11.6 Å². The molecule has 25 heavy (non-hydrogen) atoms. The number of ketones is 1. The lowest BCUT2D eigenvalue weighted by atomic mass is 10.1. The van der Waals surface area contributed by atoms with Crippen LogP contribution in [0.1, 0.15) is 55.5 Å². The highest BCUT2D eigenvalue weighted by Crippen LogP contribution is 2.23. The highest BCUT2D eigenvalue weighted by Gasteiger charge is 2.20. The number of ether oxygens (including phenoxy) is 1. The van der Waals surface area contributed by atoms with Crippen LogP contribution in [0, 0.1) is 13.8 Å². The number of rotatable bonds is 6. The number of hydrogen-bond acceptors (Lipinski definition) is 4. The molecule has 0 radical (unpaired) electrons. The predicted molar refractivity (Wildman–Crippen MR) is 97.3 cm³/mol. The van der Waals surface area contributed by atoms with Gasteiger partial charge in [-0.15, -0.1) is 0 Å². The van der Waals surface area contributed by atoms with E-state index in [-0.39, 0.29) is 17.7 Å². The van der Waals surface area contributed by atoms with E-state index in [2.05, 4.69) is 10.4 Å². The Labute approximate surface area is 148 Å². The second-order valence-corrected chi connectivity index (χ2v) is 6.42. The number of amides is 1. The summed E-state index contributed by atoms with van der Waals surface area (Å²) in [5, 5.41) is 7.36. The van der Waals surface area contributed by atoms with E-state index in [4.69, 9.17) is 4.74 Å². The molecule has 0 fully saturated rings. The van der Waals surface area contributed by atoms with Gasteiger partial charge in [-0.25, -0.2) is 0 Å². The van der Waals surface area contributed by atoms with Gasteiger partial charge in [0.15, 0.2) is 11.9 Å². The Kier molecular flexibility index (Phi) is 5.62. The molecule has 6 heteroatoms. The third kappa shape index (κ3) is 4.26. The van der Waals surface area contributed by atoms with Crippen LogP contribution in [0.3, 0.4) is 0 Å². The van der Waals surface area contributed by atoms with E-state index in [0.717, 1.165) is 11.4 Å². The van der Waals surface area contributed by atoms with Crippen LogP contribution < -0.4 is 10.1 Å². The van der Waals surface area contributed by atoms with Gasteiger partial charge in [0.1, 0.15) is 5.75 Å². The molecule has 1 amide bonds.